The molecular weight excluding hydrogens is 302 g/mol. The van der Waals surface area contributed by atoms with Crippen LogP contribution in [0.1, 0.15) is 38.2 Å². The van der Waals surface area contributed by atoms with Crippen LogP contribution in [0.5, 0.6) is 0 Å². The van der Waals surface area contributed by atoms with Gasteiger partial charge in [-0.2, -0.15) is 0 Å². The first-order valence-electron chi connectivity index (χ1n) is 8.13. The average Bonchev–Trinajstić information content (AvgIpc) is 2.52. The number of rotatable bonds is 6. The summed E-state index contributed by atoms with van der Waals surface area (Å²) in [6.45, 7) is 2.99. The molecule has 1 aliphatic rings. The van der Waals surface area contributed by atoms with E-state index in [9.17, 15) is 18.7 Å². The van der Waals surface area contributed by atoms with Crippen LogP contribution in [0.2, 0.25) is 0 Å². The van der Waals surface area contributed by atoms with Gasteiger partial charge in [0.05, 0.1) is 12.6 Å². The lowest BCUT2D eigenvalue weighted by Gasteiger charge is -2.37. The Balaban J connectivity index is 1.87. The molecule has 1 saturated heterocycles. The van der Waals surface area contributed by atoms with E-state index in [1.807, 2.05) is 11.8 Å². The summed E-state index contributed by atoms with van der Waals surface area (Å²) in [6, 6.07) is 3.21. The van der Waals surface area contributed by atoms with Gasteiger partial charge in [0, 0.05) is 18.7 Å². The van der Waals surface area contributed by atoms with Gasteiger partial charge < -0.3 is 10.4 Å². The van der Waals surface area contributed by atoms with Gasteiger partial charge >= 0.3 is 0 Å². The number of halogens is 2. The first-order valence-corrected chi connectivity index (χ1v) is 8.13. The molecule has 0 radical (unpaired) electrons. The van der Waals surface area contributed by atoms with E-state index in [1.165, 1.54) is 12.1 Å². The highest BCUT2D eigenvalue weighted by Gasteiger charge is 2.28. The number of benzene rings is 1. The summed E-state index contributed by atoms with van der Waals surface area (Å²) in [5.74, 6) is -1.52. The number of likely N-dealkylation sites (tertiary alicyclic amines) is 1. The molecule has 128 valence electrons. The normalized spacial score (nSPS) is 20.3. The number of amides is 1. The van der Waals surface area contributed by atoms with Crippen molar-refractivity contribution in [2.24, 2.45) is 0 Å². The van der Waals surface area contributed by atoms with Crippen LogP contribution in [0, 0.1) is 11.6 Å². The summed E-state index contributed by atoms with van der Waals surface area (Å²) in [7, 11) is 0. The molecule has 0 saturated carbocycles. The van der Waals surface area contributed by atoms with Crippen LogP contribution in [0.15, 0.2) is 18.2 Å². The third-order valence-electron chi connectivity index (χ3n) is 4.29. The maximum atomic E-state index is 13.1. The van der Waals surface area contributed by atoms with Gasteiger partial charge in [-0.25, -0.2) is 8.78 Å². The number of nitrogens with one attached hydrogen (secondary N) is 1. The van der Waals surface area contributed by atoms with Crippen molar-refractivity contribution in [3.8, 4) is 0 Å². The SMILES string of the molecule is CCC(O)C1CCCCN1CC(=O)NCc1cc(F)cc(F)c1. The van der Waals surface area contributed by atoms with Crippen molar-refractivity contribution in [2.45, 2.75) is 51.3 Å². The average molecular weight is 326 g/mol. The summed E-state index contributed by atoms with van der Waals surface area (Å²) in [5.41, 5.74) is 0.389. The first-order chi connectivity index (χ1) is 11.0. The monoisotopic (exact) mass is 326 g/mol. The van der Waals surface area contributed by atoms with Gasteiger partial charge in [-0.3, -0.25) is 9.69 Å². The lowest BCUT2D eigenvalue weighted by Crippen LogP contribution is -2.50. The Morgan fingerprint density at radius 2 is 2.04 bits per heavy atom. The Labute approximate surface area is 135 Å². The number of hydrogen-bond acceptors (Lipinski definition) is 3. The van der Waals surface area contributed by atoms with Gasteiger partial charge in [-0.1, -0.05) is 13.3 Å². The van der Waals surface area contributed by atoms with Crippen molar-refractivity contribution in [3.63, 3.8) is 0 Å². The first kappa shape index (κ1) is 17.8. The minimum absolute atomic E-state index is 0.00566. The predicted octanol–water partition coefficient (Wildman–Crippen LogP) is 2.21. The minimum atomic E-state index is -0.656. The Kier molecular flexibility index (Phi) is 6.47. The zero-order valence-electron chi connectivity index (χ0n) is 13.4. The Bertz CT molecular complexity index is 519. The molecule has 4 nitrogen and oxygen atoms in total. The topological polar surface area (TPSA) is 52.6 Å². The van der Waals surface area contributed by atoms with Gasteiger partial charge in [0.15, 0.2) is 0 Å². The molecule has 0 spiro atoms. The molecule has 2 unspecified atom stereocenters. The van der Waals surface area contributed by atoms with Crippen LogP contribution in [0.4, 0.5) is 8.78 Å². The van der Waals surface area contributed by atoms with Crippen molar-refractivity contribution < 1.29 is 18.7 Å². The van der Waals surface area contributed by atoms with Gasteiger partial charge in [-0.05, 0) is 43.5 Å². The molecule has 1 heterocycles. The lowest BCUT2D eigenvalue weighted by molar-refractivity contribution is -0.124. The number of aliphatic hydroxyl groups is 1. The van der Waals surface area contributed by atoms with E-state index < -0.39 is 17.7 Å². The molecule has 0 bridgehead atoms. The van der Waals surface area contributed by atoms with Gasteiger partial charge in [0.25, 0.3) is 0 Å². The summed E-state index contributed by atoms with van der Waals surface area (Å²) in [4.78, 5) is 14.1. The highest BCUT2D eigenvalue weighted by Crippen LogP contribution is 2.20. The molecule has 1 aromatic carbocycles. The van der Waals surface area contributed by atoms with E-state index in [4.69, 9.17) is 0 Å². The van der Waals surface area contributed by atoms with Crippen LogP contribution in [0.3, 0.4) is 0 Å². The summed E-state index contributed by atoms with van der Waals surface area (Å²) >= 11 is 0. The van der Waals surface area contributed by atoms with Crippen LogP contribution in [-0.4, -0.2) is 41.1 Å². The molecule has 1 aromatic rings. The zero-order chi connectivity index (χ0) is 16.8. The standard InChI is InChI=1S/C17H24F2N2O2/c1-2-16(22)15-5-3-4-6-21(15)11-17(23)20-10-12-7-13(18)9-14(19)8-12/h7-9,15-16,22H,2-6,10-11H2,1H3,(H,20,23). The molecule has 1 amide bonds. The Morgan fingerprint density at radius 1 is 1.35 bits per heavy atom. The van der Waals surface area contributed by atoms with E-state index in [1.54, 1.807) is 0 Å². The van der Waals surface area contributed by atoms with Crippen molar-refractivity contribution >= 4 is 5.91 Å². The van der Waals surface area contributed by atoms with E-state index in [-0.39, 0.29) is 25.0 Å². The highest BCUT2D eigenvalue weighted by atomic mass is 19.1. The molecule has 1 fully saturated rings. The summed E-state index contributed by atoms with van der Waals surface area (Å²) in [5, 5.41) is 12.8. The molecule has 2 N–H and O–H groups in total. The van der Waals surface area contributed by atoms with Crippen molar-refractivity contribution in [1.29, 1.82) is 0 Å². The molecule has 0 aliphatic carbocycles. The fourth-order valence-corrected chi connectivity index (χ4v) is 3.07. The maximum absolute atomic E-state index is 13.1. The number of piperidine rings is 1. The lowest BCUT2D eigenvalue weighted by atomic mass is 9.96. The largest absolute Gasteiger partial charge is 0.392 e. The zero-order valence-corrected chi connectivity index (χ0v) is 13.4. The van der Waals surface area contributed by atoms with Crippen molar-refractivity contribution in [2.75, 3.05) is 13.1 Å². The second kappa shape index (κ2) is 8.36. The predicted molar refractivity (Wildman–Crippen MR) is 83.7 cm³/mol. The third kappa shape index (κ3) is 5.25. The smallest absolute Gasteiger partial charge is 0.234 e. The molecule has 2 atom stereocenters. The number of carbonyl (C=O) groups is 1. The molecular formula is C17H24F2N2O2. The number of carbonyl (C=O) groups excluding carboxylic acids is 1. The second-order valence-corrected chi connectivity index (χ2v) is 6.06. The summed E-state index contributed by atoms with van der Waals surface area (Å²) in [6.07, 6.45) is 3.18. The Hall–Kier alpha value is -1.53. The van der Waals surface area contributed by atoms with Crippen LogP contribution < -0.4 is 5.32 Å². The third-order valence-corrected chi connectivity index (χ3v) is 4.29. The van der Waals surface area contributed by atoms with E-state index in [2.05, 4.69) is 5.32 Å². The molecule has 2 rings (SSSR count). The van der Waals surface area contributed by atoms with Crippen LogP contribution >= 0.6 is 0 Å². The Morgan fingerprint density at radius 3 is 2.70 bits per heavy atom. The van der Waals surface area contributed by atoms with Gasteiger partial charge in [-0.15, -0.1) is 0 Å². The van der Waals surface area contributed by atoms with E-state index in [0.717, 1.165) is 31.9 Å². The maximum Gasteiger partial charge on any atom is 0.234 e. The van der Waals surface area contributed by atoms with E-state index >= 15 is 0 Å². The number of aliphatic hydroxyl groups excluding tert-OH is 1. The van der Waals surface area contributed by atoms with Gasteiger partial charge in [0.1, 0.15) is 11.6 Å². The molecule has 1 aliphatic heterocycles. The minimum Gasteiger partial charge on any atom is -0.392 e. The van der Waals surface area contributed by atoms with Crippen LogP contribution in [0.25, 0.3) is 0 Å². The second-order valence-electron chi connectivity index (χ2n) is 6.06. The number of nitrogens with zero attached hydrogens (tertiary/aromatic N) is 1. The van der Waals surface area contributed by atoms with Crippen molar-refractivity contribution in [1.82, 2.24) is 10.2 Å². The fraction of sp³-hybridized carbons (Fsp3) is 0.588. The van der Waals surface area contributed by atoms with Crippen LogP contribution in [-0.2, 0) is 11.3 Å². The van der Waals surface area contributed by atoms with Crippen molar-refractivity contribution in [3.05, 3.63) is 35.4 Å². The van der Waals surface area contributed by atoms with Gasteiger partial charge in [0.2, 0.25) is 5.91 Å². The molecule has 6 heteroatoms. The highest BCUT2D eigenvalue weighted by molar-refractivity contribution is 5.78. The summed E-state index contributed by atoms with van der Waals surface area (Å²) < 4.78 is 26.2. The fourth-order valence-electron chi connectivity index (χ4n) is 3.07. The molecule has 23 heavy (non-hydrogen) atoms. The van der Waals surface area contributed by atoms with E-state index in [0.29, 0.717) is 12.0 Å². The quantitative estimate of drug-likeness (QED) is 0.843. The molecule has 0 aromatic heterocycles. The number of hydrogen-bond donors (Lipinski definition) is 2.